The zero-order chi connectivity index (χ0) is 18.4. The molecule has 0 aliphatic rings. The van der Waals surface area contributed by atoms with Crippen LogP contribution >= 0.6 is 0 Å². The molecule has 0 fully saturated rings. The number of carbonyl (C=O) groups is 2. The van der Waals surface area contributed by atoms with Crippen LogP contribution in [0.15, 0.2) is 42.5 Å². The first kappa shape index (κ1) is 18.5. The maximum Gasteiger partial charge on any atom is 0.338 e. The van der Waals surface area contributed by atoms with Gasteiger partial charge in [-0.1, -0.05) is 6.07 Å². The molecule has 0 aliphatic heterocycles. The third-order valence-electron chi connectivity index (χ3n) is 3.83. The first-order chi connectivity index (χ1) is 11.9. The molecule has 2 aromatic rings. The van der Waals surface area contributed by atoms with Crippen LogP contribution in [0.3, 0.4) is 0 Å². The first-order valence-electron chi connectivity index (χ1n) is 8.22. The molecule has 0 saturated heterocycles. The highest BCUT2D eigenvalue weighted by molar-refractivity contribution is 5.97. The quantitative estimate of drug-likeness (QED) is 0.810. The second kappa shape index (κ2) is 8.33. The van der Waals surface area contributed by atoms with Crippen LogP contribution in [0.2, 0.25) is 0 Å². The third kappa shape index (κ3) is 5.08. The number of amides is 1. The summed E-state index contributed by atoms with van der Waals surface area (Å²) in [5.41, 5.74) is 3.14. The van der Waals surface area contributed by atoms with Crippen LogP contribution < -0.4 is 10.1 Å². The molecule has 2 aromatic carbocycles. The van der Waals surface area contributed by atoms with Gasteiger partial charge >= 0.3 is 5.97 Å². The Hall–Kier alpha value is -2.82. The number of esters is 1. The SMILES string of the molecule is CCOc1ccc(NC(=O)[C@H](C)OC(=O)c2ccc(C)c(C)c2)cc1. The largest absolute Gasteiger partial charge is 0.494 e. The average Bonchev–Trinajstić information content (AvgIpc) is 2.59. The Bertz CT molecular complexity index is 753. The lowest BCUT2D eigenvalue weighted by atomic mass is 10.1. The topological polar surface area (TPSA) is 64.6 Å². The van der Waals surface area contributed by atoms with Crippen LogP contribution in [-0.4, -0.2) is 24.6 Å². The lowest BCUT2D eigenvalue weighted by Crippen LogP contribution is -2.30. The second-order valence-electron chi connectivity index (χ2n) is 5.79. The van der Waals surface area contributed by atoms with Crippen molar-refractivity contribution in [3.63, 3.8) is 0 Å². The maximum atomic E-state index is 12.2. The van der Waals surface area contributed by atoms with Gasteiger partial charge in [-0.05, 0) is 75.2 Å². The molecule has 2 rings (SSSR count). The Kier molecular flexibility index (Phi) is 6.17. The van der Waals surface area contributed by atoms with Crippen molar-refractivity contribution in [3.05, 3.63) is 59.2 Å². The number of benzene rings is 2. The van der Waals surface area contributed by atoms with Gasteiger partial charge in [0.2, 0.25) is 0 Å². The summed E-state index contributed by atoms with van der Waals surface area (Å²) >= 11 is 0. The molecule has 0 aliphatic carbocycles. The van der Waals surface area contributed by atoms with Gasteiger partial charge in [0.1, 0.15) is 5.75 Å². The molecule has 5 heteroatoms. The number of hydrogen-bond acceptors (Lipinski definition) is 4. The van der Waals surface area contributed by atoms with Gasteiger partial charge in [0.25, 0.3) is 5.91 Å². The van der Waals surface area contributed by atoms with E-state index in [4.69, 9.17) is 9.47 Å². The molecular formula is C20H23NO4. The van der Waals surface area contributed by atoms with Crippen molar-refractivity contribution in [1.82, 2.24) is 0 Å². The fourth-order valence-corrected chi connectivity index (χ4v) is 2.20. The molecule has 0 spiro atoms. The van der Waals surface area contributed by atoms with Gasteiger partial charge in [-0.2, -0.15) is 0 Å². The van der Waals surface area contributed by atoms with Crippen molar-refractivity contribution in [2.45, 2.75) is 33.8 Å². The van der Waals surface area contributed by atoms with E-state index in [1.165, 1.54) is 0 Å². The predicted molar refractivity (Wildman–Crippen MR) is 97.0 cm³/mol. The lowest BCUT2D eigenvalue weighted by Gasteiger charge is -2.14. The Morgan fingerprint density at radius 2 is 1.72 bits per heavy atom. The number of aryl methyl sites for hydroxylation is 2. The zero-order valence-electron chi connectivity index (χ0n) is 15.0. The summed E-state index contributed by atoms with van der Waals surface area (Å²) in [6.07, 6.45) is -0.902. The van der Waals surface area contributed by atoms with Gasteiger partial charge in [-0.3, -0.25) is 4.79 Å². The summed E-state index contributed by atoms with van der Waals surface area (Å²) in [5.74, 6) is -0.173. The fourth-order valence-electron chi connectivity index (χ4n) is 2.20. The van der Waals surface area contributed by atoms with Crippen molar-refractivity contribution in [2.75, 3.05) is 11.9 Å². The van der Waals surface area contributed by atoms with E-state index in [0.717, 1.165) is 16.9 Å². The van der Waals surface area contributed by atoms with Crippen molar-refractivity contribution in [1.29, 1.82) is 0 Å². The molecular weight excluding hydrogens is 318 g/mol. The molecule has 132 valence electrons. The number of anilines is 1. The highest BCUT2D eigenvalue weighted by atomic mass is 16.5. The van der Waals surface area contributed by atoms with E-state index in [9.17, 15) is 9.59 Å². The van der Waals surface area contributed by atoms with E-state index >= 15 is 0 Å². The van der Waals surface area contributed by atoms with Crippen LogP contribution in [0.4, 0.5) is 5.69 Å². The number of nitrogens with one attached hydrogen (secondary N) is 1. The van der Waals surface area contributed by atoms with Crippen LogP contribution in [0.5, 0.6) is 5.75 Å². The van der Waals surface area contributed by atoms with E-state index in [0.29, 0.717) is 17.9 Å². The highest BCUT2D eigenvalue weighted by Gasteiger charge is 2.19. The van der Waals surface area contributed by atoms with Crippen LogP contribution in [-0.2, 0) is 9.53 Å². The summed E-state index contributed by atoms with van der Waals surface area (Å²) in [6.45, 7) is 7.92. The molecule has 0 radical (unpaired) electrons. The molecule has 0 heterocycles. The third-order valence-corrected chi connectivity index (χ3v) is 3.83. The molecule has 5 nitrogen and oxygen atoms in total. The number of ether oxygens (including phenoxy) is 2. The molecule has 0 aromatic heterocycles. The average molecular weight is 341 g/mol. The molecule has 1 amide bonds. The Balaban J connectivity index is 1.94. The minimum absolute atomic E-state index is 0.388. The summed E-state index contributed by atoms with van der Waals surface area (Å²) in [7, 11) is 0. The molecule has 0 saturated carbocycles. The van der Waals surface area contributed by atoms with Gasteiger partial charge < -0.3 is 14.8 Å². The standard InChI is InChI=1S/C20H23NO4/c1-5-24-18-10-8-17(9-11-18)21-19(22)15(4)25-20(23)16-7-6-13(2)14(3)12-16/h6-12,15H,5H2,1-4H3,(H,21,22)/t15-/m0/s1. The summed E-state index contributed by atoms with van der Waals surface area (Å²) in [6, 6.07) is 12.3. The van der Waals surface area contributed by atoms with Gasteiger partial charge in [-0.25, -0.2) is 4.79 Å². The molecule has 25 heavy (non-hydrogen) atoms. The summed E-state index contributed by atoms with van der Waals surface area (Å²) in [5, 5.41) is 2.72. The van der Waals surface area contributed by atoms with Crippen LogP contribution in [0.25, 0.3) is 0 Å². The molecule has 1 N–H and O–H groups in total. The van der Waals surface area contributed by atoms with Gasteiger partial charge in [0, 0.05) is 5.69 Å². The van der Waals surface area contributed by atoms with Crippen LogP contribution in [0, 0.1) is 13.8 Å². The molecule has 0 bridgehead atoms. The lowest BCUT2D eigenvalue weighted by molar-refractivity contribution is -0.123. The molecule has 1 atom stereocenters. The van der Waals surface area contributed by atoms with Crippen molar-refractivity contribution < 1.29 is 19.1 Å². The Labute approximate surface area is 148 Å². The summed E-state index contributed by atoms with van der Waals surface area (Å²) < 4.78 is 10.6. The van der Waals surface area contributed by atoms with Crippen molar-refractivity contribution in [3.8, 4) is 5.75 Å². The summed E-state index contributed by atoms with van der Waals surface area (Å²) in [4.78, 5) is 24.4. The monoisotopic (exact) mass is 341 g/mol. The smallest absolute Gasteiger partial charge is 0.338 e. The fraction of sp³-hybridized carbons (Fsp3) is 0.300. The van der Waals surface area contributed by atoms with Crippen LogP contribution in [0.1, 0.15) is 35.3 Å². The zero-order valence-corrected chi connectivity index (χ0v) is 15.0. The minimum Gasteiger partial charge on any atom is -0.494 e. The predicted octanol–water partition coefficient (Wildman–Crippen LogP) is 3.89. The minimum atomic E-state index is -0.902. The van der Waals surface area contributed by atoms with E-state index in [-0.39, 0.29) is 5.91 Å². The van der Waals surface area contributed by atoms with E-state index in [1.807, 2.05) is 26.8 Å². The Morgan fingerprint density at radius 1 is 1.04 bits per heavy atom. The highest BCUT2D eigenvalue weighted by Crippen LogP contribution is 2.16. The molecule has 0 unspecified atom stereocenters. The van der Waals surface area contributed by atoms with E-state index in [1.54, 1.807) is 43.3 Å². The van der Waals surface area contributed by atoms with Crippen molar-refractivity contribution >= 4 is 17.6 Å². The normalized spacial score (nSPS) is 11.5. The Morgan fingerprint density at radius 3 is 2.32 bits per heavy atom. The van der Waals surface area contributed by atoms with Gasteiger partial charge in [-0.15, -0.1) is 0 Å². The van der Waals surface area contributed by atoms with E-state index < -0.39 is 12.1 Å². The van der Waals surface area contributed by atoms with Gasteiger partial charge in [0.05, 0.1) is 12.2 Å². The number of hydrogen-bond donors (Lipinski definition) is 1. The van der Waals surface area contributed by atoms with Gasteiger partial charge in [0.15, 0.2) is 6.10 Å². The first-order valence-corrected chi connectivity index (χ1v) is 8.22. The number of carbonyl (C=O) groups excluding carboxylic acids is 2. The van der Waals surface area contributed by atoms with Crippen molar-refractivity contribution in [2.24, 2.45) is 0 Å². The maximum absolute atomic E-state index is 12.2. The van der Waals surface area contributed by atoms with E-state index in [2.05, 4.69) is 5.32 Å². The number of rotatable bonds is 6. The second-order valence-corrected chi connectivity index (χ2v) is 5.79.